The lowest BCUT2D eigenvalue weighted by atomic mass is 10.0. The molecule has 0 bridgehead atoms. The highest BCUT2D eigenvalue weighted by atomic mass is 19.3. The lowest BCUT2D eigenvalue weighted by molar-refractivity contribution is -0.129. The molecule has 2 aromatic heterocycles. The normalized spacial score (nSPS) is 15.6. The number of hydrogen-bond acceptors (Lipinski definition) is 6. The molecule has 1 atom stereocenters. The van der Waals surface area contributed by atoms with E-state index in [-0.39, 0.29) is 17.5 Å². The van der Waals surface area contributed by atoms with E-state index in [0.29, 0.717) is 43.3 Å². The van der Waals surface area contributed by atoms with Crippen LogP contribution in [-0.4, -0.2) is 51.9 Å². The molecule has 1 N–H and O–H groups in total. The number of fused-ring (bicyclic) bond motifs is 1. The number of benzene rings is 1. The first-order valence-electron chi connectivity index (χ1n) is 11.0. The number of carbonyl (C=O) groups is 1. The topological polar surface area (TPSA) is 74.2 Å². The number of piperazine rings is 1. The molecule has 33 heavy (non-hydrogen) atoms. The van der Waals surface area contributed by atoms with Crippen LogP contribution < -0.4 is 10.2 Å². The second kappa shape index (κ2) is 8.88. The molecule has 0 spiro atoms. The number of anilines is 2. The van der Waals surface area contributed by atoms with Crippen LogP contribution in [0.1, 0.15) is 43.8 Å². The summed E-state index contributed by atoms with van der Waals surface area (Å²) in [5, 5.41) is 4.19. The van der Waals surface area contributed by atoms with Crippen molar-refractivity contribution in [3.63, 3.8) is 0 Å². The van der Waals surface area contributed by atoms with Crippen LogP contribution in [0.3, 0.4) is 0 Å². The average Bonchev–Trinajstić information content (AvgIpc) is 2.78. The van der Waals surface area contributed by atoms with Gasteiger partial charge in [-0.15, -0.1) is 0 Å². The zero-order valence-corrected chi connectivity index (χ0v) is 19.3. The van der Waals surface area contributed by atoms with Gasteiger partial charge in [-0.25, -0.2) is 23.7 Å². The maximum Gasteiger partial charge on any atom is 0.270 e. The summed E-state index contributed by atoms with van der Waals surface area (Å²) < 4.78 is 27.6. The van der Waals surface area contributed by atoms with Crippen molar-refractivity contribution in [1.29, 1.82) is 0 Å². The molecule has 1 amide bonds. The van der Waals surface area contributed by atoms with Gasteiger partial charge in [-0.1, -0.05) is 18.2 Å². The first kappa shape index (κ1) is 22.8. The number of amides is 1. The number of aryl methyl sites for hydroxylation is 1. The molecule has 0 aliphatic carbocycles. The Bertz CT molecular complexity index is 1170. The largest absolute Gasteiger partial charge is 0.363 e. The first-order chi connectivity index (χ1) is 15.6. The maximum absolute atomic E-state index is 13.8. The number of nitrogens with zero attached hydrogens (tertiary/aromatic N) is 5. The number of rotatable bonds is 5. The lowest BCUT2D eigenvalue weighted by Gasteiger charge is -2.35. The van der Waals surface area contributed by atoms with Crippen LogP contribution >= 0.6 is 0 Å². The summed E-state index contributed by atoms with van der Waals surface area (Å²) in [5.41, 5.74) is 1.43. The van der Waals surface area contributed by atoms with Gasteiger partial charge in [0.2, 0.25) is 5.91 Å². The highest BCUT2D eigenvalue weighted by Crippen LogP contribution is 2.31. The SMILES string of the molecule is CC(=O)N1CCN(c2cc3c(N[C@H](C)c4cccc(C(C)(F)F)c4)nc(C)nc3cn2)CC1. The number of aromatic nitrogens is 3. The van der Waals surface area contributed by atoms with Crippen LogP contribution in [0.4, 0.5) is 20.4 Å². The van der Waals surface area contributed by atoms with Gasteiger partial charge in [0, 0.05) is 57.0 Å². The monoisotopic (exact) mass is 454 g/mol. The van der Waals surface area contributed by atoms with Crippen LogP contribution in [0.15, 0.2) is 36.5 Å². The third kappa shape index (κ3) is 5.02. The standard InChI is InChI=1S/C24H28F2N6O/c1-15(18-6-5-7-19(12-18)24(4,25)26)28-23-20-13-22(27-14-21(20)29-16(2)30-23)32-10-8-31(9-11-32)17(3)33/h5-7,12-15H,8-11H2,1-4H3,(H,28,29,30)/t15-/m1/s1. The molecule has 4 rings (SSSR count). The maximum atomic E-state index is 13.8. The van der Waals surface area contributed by atoms with Crippen molar-refractivity contribution in [3.05, 3.63) is 53.5 Å². The fraction of sp³-hybridized carbons (Fsp3) is 0.417. The summed E-state index contributed by atoms with van der Waals surface area (Å²) in [6, 6.07) is 8.13. The number of hydrogen-bond donors (Lipinski definition) is 1. The summed E-state index contributed by atoms with van der Waals surface area (Å²) in [4.78, 5) is 29.2. The minimum Gasteiger partial charge on any atom is -0.363 e. The molecule has 3 aromatic rings. The Labute approximate surface area is 191 Å². The molecular weight excluding hydrogens is 426 g/mol. The number of nitrogens with one attached hydrogen (secondary N) is 1. The van der Waals surface area contributed by atoms with Crippen molar-refractivity contribution in [2.45, 2.75) is 39.7 Å². The Morgan fingerprint density at radius 1 is 1.15 bits per heavy atom. The fourth-order valence-electron chi connectivity index (χ4n) is 4.04. The zero-order chi connectivity index (χ0) is 23.8. The minimum atomic E-state index is -2.90. The lowest BCUT2D eigenvalue weighted by Crippen LogP contribution is -2.48. The summed E-state index contributed by atoms with van der Waals surface area (Å²) in [6.07, 6.45) is 1.73. The van der Waals surface area contributed by atoms with Gasteiger partial charge < -0.3 is 15.1 Å². The third-order valence-electron chi connectivity index (χ3n) is 5.98. The van der Waals surface area contributed by atoms with E-state index in [1.54, 1.807) is 19.2 Å². The van der Waals surface area contributed by atoms with Gasteiger partial charge in [-0.2, -0.15) is 0 Å². The molecule has 0 radical (unpaired) electrons. The smallest absolute Gasteiger partial charge is 0.270 e. The molecule has 1 aliphatic heterocycles. The van der Waals surface area contributed by atoms with Crippen molar-refractivity contribution >= 4 is 28.4 Å². The van der Waals surface area contributed by atoms with Crippen LogP contribution in [0.2, 0.25) is 0 Å². The van der Waals surface area contributed by atoms with E-state index in [0.717, 1.165) is 23.7 Å². The Morgan fingerprint density at radius 2 is 1.88 bits per heavy atom. The highest BCUT2D eigenvalue weighted by molar-refractivity contribution is 5.90. The van der Waals surface area contributed by atoms with E-state index in [4.69, 9.17) is 0 Å². The molecule has 1 saturated heterocycles. The van der Waals surface area contributed by atoms with E-state index in [1.807, 2.05) is 30.9 Å². The predicted octanol–water partition coefficient (Wildman–Crippen LogP) is 4.29. The van der Waals surface area contributed by atoms with E-state index < -0.39 is 5.92 Å². The van der Waals surface area contributed by atoms with Crippen molar-refractivity contribution in [1.82, 2.24) is 19.9 Å². The van der Waals surface area contributed by atoms with E-state index in [2.05, 4.69) is 25.2 Å². The van der Waals surface area contributed by atoms with Crippen LogP contribution in [0, 0.1) is 6.92 Å². The van der Waals surface area contributed by atoms with Crippen LogP contribution in [0.25, 0.3) is 10.9 Å². The van der Waals surface area contributed by atoms with E-state index in [1.165, 1.54) is 12.1 Å². The molecule has 3 heterocycles. The first-order valence-corrected chi connectivity index (χ1v) is 11.0. The summed E-state index contributed by atoms with van der Waals surface area (Å²) in [7, 11) is 0. The van der Waals surface area contributed by atoms with Crippen molar-refractivity contribution in [2.24, 2.45) is 0 Å². The van der Waals surface area contributed by atoms with Gasteiger partial charge in [0.25, 0.3) is 5.92 Å². The molecule has 1 aromatic carbocycles. The average molecular weight is 455 g/mol. The van der Waals surface area contributed by atoms with Gasteiger partial charge in [-0.05, 0) is 31.5 Å². The third-order valence-corrected chi connectivity index (χ3v) is 5.98. The minimum absolute atomic E-state index is 0.0198. The molecule has 174 valence electrons. The molecule has 9 heteroatoms. The molecule has 0 saturated carbocycles. The van der Waals surface area contributed by atoms with E-state index in [9.17, 15) is 13.6 Å². The Morgan fingerprint density at radius 3 is 2.55 bits per heavy atom. The highest BCUT2D eigenvalue weighted by Gasteiger charge is 2.25. The molecular formula is C24H28F2N6O. The Kier molecular flexibility index (Phi) is 6.14. The molecule has 0 unspecified atom stereocenters. The number of alkyl halides is 2. The fourth-order valence-corrected chi connectivity index (χ4v) is 4.04. The summed E-state index contributed by atoms with van der Waals surface area (Å²) in [6.45, 7) is 8.90. The van der Waals surface area contributed by atoms with E-state index >= 15 is 0 Å². The van der Waals surface area contributed by atoms with Crippen molar-refractivity contribution in [3.8, 4) is 0 Å². The number of carbonyl (C=O) groups excluding carboxylic acids is 1. The second-order valence-electron chi connectivity index (χ2n) is 8.55. The molecule has 7 nitrogen and oxygen atoms in total. The van der Waals surface area contributed by atoms with Gasteiger partial charge in [-0.3, -0.25) is 4.79 Å². The Hall–Kier alpha value is -3.36. The quantitative estimate of drug-likeness (QED) is 0.620. The van der Waals surface area contributed by atoms with Crippen LogP contribution in [-0.2, 0) is 10.7 Å². The second-order valence-corrected chi connectivity index (χ2v) is 8.55. The number of pyridine rings is 1. The van der Waals surface area contributed by atoms with Crippen LogP contribution in [0.5, 0.6) is 0 Å². The summed E-state index contributed by atoms with van der Waals surface area (Å²) >= 11 is 0. The molecule has 1 aliphatic rings. The van der Waals surface area contributed by atoms with Gasteiger partial charge in [0.1, 0.15) is 17.5 Å². The summed E-state index contributed by atoms with van der Waals surface area (Å²) in [5.74, 6) is -0.807. The Balaban J connectivity index is 1.62. The van der Waals surface area contributed by atoms with Crippen molar-refractivity contribution in [2.75, 3.05) is 36.4 Å². The van der Waals surface area contributed by atoms with Gasteiger partial charge in [0.15, 0.2) is 0 Å². The van der Waals surface area contributed by atoms with Gasteiger partial charge in [0.05, 0.1) is 11.7 Å². The number of halogens is 2. The zero-order valence-electron chi connectivity index (χ0n) is 19.3. The van der Waals surface area contributed by atoms with Gasteiger partial charge >= 0.3 is 0 Å². The predicted molar refractivity (Wildman–Crippen MR) is 125 cm³/mol. The van der Waals surface area contributed by atoms with Crippen molar-refractivity contribution < 1.29 is 13.6 Å². The molecule has 1 fully saturated rings.